The van der Waals surface area contributed by atoms with E-state index in [0.29, 0.717) is 22.2 Å². The van der Waals surface area contributed by atoms with Crippen LogP contribution in [0.5, 0.6) is 11.5 Å². The molecule has 2 aromatic rings. The first-order chi connectivity index (χ1) is 11.9. The highest BCUT2D eigenvalue weighted by atomic mass is 35.5. The molecule has 0 radical (unpaired) electrons. The summed E-state index contributed by atoms with van der Waals surface area (Å²) in [7, 11) is 3.00. The Bertz CT molecular complexity index is 795. The highest BCUT2D eigenvalue weighted by Gasteiger charge is 2.14. The second-order valence-corrected chi connectivity index (χ2v) is 5.36. The molecular weight excluding hydrogens is 348 g/mol. The number of anilines is 2. The molecule has 0 aliphatic rings. The summed E-state index contributed by atoms with van der Waals surface area (Å²) >= 11 is 5.77. The SMILES string of the molecule is COc1ccc(NC(=O)COC(=O)c2ccc(Cl)cc2N)cc1OC. The second-order valence-electron chi connectivity index (χ2n) is 4.93. The van der Waals surface area contributed by atoms with Crippen molar-refractivity contribution in [1.29, 1.82) is 0 Å². The Balaban J connectivity index is 1.95. The first kappa shape index (κ1) is 18.4. The Morgan fingerprint density at radius 3 is 2.44 bits per heavy atom. The van der Waals surface area contributed by atoms with Crippen molar-refractivity contribution in [2.75, 3.05) is 31.9 Å². The molecule has 2 rings (SSSR count). The van der Waals surface area contributed by atoms with Crippen molar-refractivity contribution < 1.29 is 23.8 Å². The van der Waals surface area contributed by atoms with Gasteiger partial charge in [0.15, 0.2) is 18.1 Å². The van der Waals surface area contributed by atoms with Crippen molar-refractivity contribution in [2.24, 2.45) is 0 Å². The molecule has 0 aliphatic carbocycles. The van der Waals surface area contributed by atoms with Crippen LogP contribution in [0.2, 0.25) is 5.02 Å². The summed E-state index contributed by atoms with van der Waals surface area (Å²) in [5.74, 6) is -0.221. The molecule has 7 nitrogen and oxygen atoms in total. The van der Waals surface area contributed by atoms with Gasteiger partial charge >= 0.3 is 5.97 Å². The lowest BCUT2D eigenvalue weighted by Crippen LogP contribution is -2.21. The Morgan fingerprint density at radius 1 is 1.08 bits per heavy atom. The average Bonchev–Trinajstić information content (AvgIpc) is 2.59. The van der Waals surface area contributed by atoms with Gasteiger partial charge in [-0.3, -0.25) is 4.79 Å². The minimum Gasteiger partial charge on any atom is -0.493 e. The first-order valence-corrected chi connectivity index (χ1v) is 7.56. The van der Waals surface area contributed by atoms with Gasteiger partial charge in [0.25, 0.3) is 5.91 Å². The maximum absolute atomic E-state index is 12.0. The van der Waals surface area contributed by atoms with E-state index in [9.17, 15) is 9.59 Å². The monoisotopic (exact) mass is 364 g/mol. The zero-order chi connectivity index (χ0) is 18.4. The number of nitrogens with one attached hydrogen (secondary N) is 1. The van der Waals surface area contributed by atoms with E-state index in [1.807, 2.05) is 0 Å². The summed E-state index contributed by atoms with van der Waals surface area (Å²) in [6.07, 6.45) is 0. The van der Waals surface area contributed by atoms with E-state index in [-0.39, 0.29) is 11.3 Å². The van der Waals surface area contributed by atoms with Gasteiger partial charge in [-0.2, -0.15) is 0 Å². The van der Waals surface area contributed by atoms with Crippen LogP contribution in [0, 0.1) is 0 Å². The van der Waals surface area contributed by atoms with Crippen molar-refractivity contribution in [1.82, 2.24) is 0 Å². The van der Waals surface area contributed by atoms with E-state index in [0.717, 1.165) is 0 Å². The summed E-state index contributed by atoms with van der Waals surface area (Å²) in [6.45, 7) is -0.463. The predicted molar refractivity (Wildman–Crippen MR) is 94.3 cm³/mol. The van der Waals surface area contributed by atoms with Crippen LogP contribution >= 0.6 is 11.6 Å². The van der Waals surface area contributed by atoms with Crippen LogP contribution in [0.1, 0.15) is 10.4 Å². The predicted octanol–water partition coefficient (Wildman–Crippen LogP) is 2.73. The normalized spacial score (nSPS) is 10.0. The van der Waals surface area contributed by atoms with E-state index >= 15 is 0 Å². The highest BCUT2D eigenvalue weighted by Crippen LogP contribution is 2.29. The maximum atomic E-state index is 12.0. The first-order valence-electron chi connectivity index (χ1n) is 7.18. The summed E-state index contributed by atoms with van der Waals surface area (Å²) in [4.78, 5) is 23.9. The number of nitrogen functional groups attached to an aromatic ring is 1. The third-order valence-electron chi connectivity index (χ3n) is 3.24. The number of esters is 1. The van der Waals surface area contributed by atoms with Crippen LogP contribution in [0.4, 0.5) is 11.4 Å². The smallest absolute Gasteiger partial charge is 0.340 e. The van der Waals surface area contributed by atoms with Crippen molar-refractivity contribution >= 4 is 34.9 Å². The van der Waals surface area contributed by atoms with Crippen LogP contribution in [0.3, 0.4) is 0 Å². The van der Waals surface area contributed by atoms with Crippen LogP contribution in [-0.4, -0.2) is 32.7 Å². The fourth-order valence-electron chi connectivity index (χ4n) is 2.04. The van der Waals surface area contributed by atoms with Crippen molar-refractivity contribution in [2.45, 2.75) is 0 Å². The Hall–Kier alpha value is -2.93. The van der Waals surface area contributed by atoms with Gasteiger partial charge in [0.05, 0.1) is 19.8 Å². The molecule has 0 aliphatic heterocycles. The number of hydrogen-bond donors (Lipinski definition) is 2. The molecule has 25 heavy (non-hydrogen) atoms. The van der Waals surface area contributed by atoms with Crippen LogP contribution < -0.4 is 20.5 Å². The number of benzene rings is 2. The van der Waals surface area contributed by atoms with Crippen LogP contribution in [0.25, 0.3) is 0 Å². The molecule has 0 aromatic heterocycles. The summed E-state index contributed by atoms with van der Waals surface area (Å²) in [6, 6.07) is 9.26. The van der Waals surface area contributed by atoms with E-state index in [2.05, 4.69) is 5.32 Å². The Kier molecular flexibility index (Phi) is 6.08. The third kappa shape index (κ3) is 4.77. The number of methoxy groups -OCH3 is 2. The quantitative estimate of drug-likeness (QED) is 0.604. The summed E-state index contributed by atoms with van der Waals surface area (Å²) in [5.41, 5.74) is 6.50. The second kappa shape index (κ2) is 8.25. The number of carbonyl (C=O) groups is 2. The van der Waals surface area contributed by atoms with Gasteiger partial charge in [-0.1, -0.05) is 11.6 Å². The largest absolute Gasteiger partial charge is 0.493 e. The lowest BCUT2D eigenvalue weighted by molar-refractivity contribution is -0.119. The molecular formula is C17H17ClN2O5. The molecule has 0 saturated heterocycles. The lowest BCUT2D eigenvalue weighted by Gasteiger charge is -2.11. The number of carbonyl (C=O) groups excluding carboxylic acids is 2. The van der Waals surface area contributed by atoms with Gasteiger partial charge in [-0.15, -0.1) is 0 Å². The molecule has 0 fully saturated rings. The van der Waals surface area contributed by atoms with Crippen molar-refractivity contribution in [3.05, 3.63) is 47.0 Å². The zero-order valence-electron chi connectivity index (χ0n) is 13.7. The lowest BCUT2D eigenvalue weighted by atomic mass is 10.2. The zero-order valence-corrected chi connectivity index (χ0v) is 14.4. The minimum absolute atomic E-state index is 0.142. The van der Waals surface area contributed by atoms with Gasteiger partial charge in [-0.05, 0) is 30.3 Å². The van der Waals surface area contributed by atoms with Gasteiger partial charge in [0, 0.05) is 22.5 Å². The number of rotatable bonds is 6. The Labute approximate surface area is 149 Å². The van der Waals surface area contributed by atoms with E-state index in [4.69, 9.17) is 31.5 Å². The van der Waals surface area contributed by atoms with Gasteiger partial charge in [0.2, 0.25) is 0 Å². The van der Waals surface area contributed by atoms with Gasteiger partial charge < -0.3 is 25.3 Å². The van der Waals surface area contributed by atoms with E-state index in [1.54, 1.807) is 18.2 Å². The molecule has 0 heterocycles. The molecule has 8 heteroatoms. The molecule has 3 N–H and O–H groups in total. The molecule has 0 unspecified atom stereocenters. The third-order valence-corrected chi connectivity index (χ3v) is 3.47. The minimum atomic E-state index is -0.711. The molecule has 0 saturated carbocycles. The van der Waals surface area contributed by atoms with Gasteiger partial charge in [-0.25, -0.2) is 4.79 Å². The highest BCUT2D eigenvalue weighted by molar-refractivity contribution is 6.31. The maximum Gasteiger partial charge on any atom is 0.340 e. The van der Waals surface area contributed by atoms with Crippen molar-refractivity contribution in [3.63, 3.8) is 0 Å². The van der Waals surface area contributed by atoms with Gasteiger partial charge in [0.1, 0.15) is 0 Å². The number of amides is 1. The van der Waals surface area contributed by atoms with Crippen LogP contribution in [-0.2, 0) is 9.53 Å². The molecule has 0 bridgehead atoms. The molecule has 132 valence electrons. The summed E-state index contributed by atoms with van der Waals surface area (Å²) < 4.78 is 15.2. The molecule has 1 amide bonds. The standard InChI is InChI=1S/C17H17ClN2O5/c1-23-14-6-4-11(8-15(14)24-2)20-16(21)9-25-17(22)12-5-3-10(18)7-13(12)19/h3-8H,9,19H2,1-2H3,(H,20,21). The van der Waals surface area contributed by atoms with E-state index in [1.165, 1.54) is 32.4 Å². The molecule has 0 atom stereocenters. The number of ether oxygens (including phenoxy) is 3. The topological polar surface area (TPSA) is 99.9 Å². The fraction of sp³-hybridized carbons (Fsp3) is 0.176. The Morgan fingerprint density at radius 2 is 1.80 bits per heavy atom. The molecule has 0 spiro atoms. The van der Waals surface area contributed by atoms with Crippen LogP contribution in [0.15, 0.2) is 36.4 Å². The number of halogens is 1. The number of nitrogens with two attached hydrogens (primary N) is 1. The molecule has 2 aromatic carbocycles. The van der Waals surface area contributed by atoms with E-state index < -0.39 is 18.5 Å². The average molecular weight is 365 g/mol. The fourth-order valence-corrected chi connectivity index (χ4v) is 2.22. The van der Waals surface area contributed by atoms with Crippen molar-refractivity contribution in [3.8, 4) is 11.5 Å². The number of hydrogen-bond acceptors (Lipinski definition) is 6. The summed E-state index contributed by atoms with van der Waals surface area (Å²) in [5, 5.41) is 3.00.